The summed E-state index contributed by atoms with van der Waals surface area (Å²) >= 11 is 0. The number of rotatable bonds is 6. The van der Waals surface area contributed by atoms with Crippen LogP contribution in [0.2, 0.25) is 0 Å². The minimum absolute atomic E-state index is 0.0176. The first-order valence-electron chi connectivity index (χ1n) is 12.7. The van der Waals surface area contributed by atoms with Crippen LogP contribution in [0.15, 0.2) is 18.2 Å². The van der Waals surface area contributed by atoms with Crippen LogP contribution in [0.4, 0.5) is 0 Å². The van der Waals surface area contributed by atoms with Crippen LogP contribution in [-0.2, 0) is 10.2 Å². The Kier molecular flexibility index (Phi) is 7.78. The van der Waals surface area contributed by atoms with Crippen molar-refractivity contribution in [3.63, 3.8) is 0 Å². The molecule has 1 aromatic heterocycles. The van der Waals surface area contributed by atoms with E-state index in [0.29, 0.717) is 30.7 Å². The van der Waals surface area contributed by atoms with E-state index >= 15 is 0 Å². The predicted molar refractivity (Wildman–Crippen MR) is 135 cm³/mol. The highest BCUT2D eigenvalue weighted by atomic mass is 16.3. The first kappa shape index (κ1) is 26.6. The van der Waals surface area contributed by atoms with E-state index in [-0.39, 0.29) is 29.2 Å². The lowest BCUT2D eigenvalue weighted by Gasteiger charge is -2.48. The van der Waals surface area contributed by atoms with Crippen LogP contribution in [0.25, 0.3) is 0 Å². The van der Waals surface area contributed by atoms with Gasteiger partial charge < -0.3 is 20.2 Å². The molecule has 7 heteroatoms. The second-order valence-corrected chi connectivity index (χ2v) is 12.1. The molecule has 1 aliphatic carbocycles. The zero-order chi connectivity index (χ0) is 25.4. The van der Waals surface area contributed by atoms with Crippen molar-refractivity contribution in [2.75, 3.05) is 13.6 Å². The topological polar surface area (TPSA) is 85.8 Å². The Bertz CT molecular complexity index is 887. The Morgan fingerprint density at radius 3 is 2.44 bits per heavy atom. The summed E-state index contributed by atoms with van der Waals surface area (Å²) in [6, 6.07) is 5.71. The molecule has 0 spiro atoms. The smallest absolute Gasteiger partial charge is 0.270 e. The van der Waals surface area contributed by atoms with Gasteiger partial charge in [0, 0.05) is 41.7 Å². The minimum atomic E-state index is -0.889. The van der Waals surface area contributed by atoms with E-state index in [4.69, 9.17) is 0 Å². The Morgan fingerprint density at radius 2 is 1.85 bits per heavy atom. The highest BCUT2D eigenvalue weighted by Gasteiger charge is 2.47. The van der Waals surface area contributed by atoms with Gasteiger partial charge >= 0.3 is 0 Å². The number of likely N-dealkylation sites (tertiary alicyclic amines) is 1. The summed E-state index contributed by atoms with van der Waals surface area (Å²) in [4.78, 5) is 35.1. The molecule has 0 unspecified atom stereocenters. The molecule has 190 valence electrons. The first-order valence-corrected chi connectivity index (χ1v) is 12.7. The molecule has 7 nitrogen and oxygen atoms in total. The van der Waals surface area contributed by atoms with Crippen LogP contribution in [0.3, 0.4) is 0 Å². The van der Waals surface area contributed by atoms with E-state index < -0.39 is 11.6 Å². The van der Waals surface area contributed by atoms with Gasteiger partial charge in [-0.05, 0) is 72.6 Å². The van der Waals surface area contributed by atoms with Gasteiger partial charge in [0.1, 0.15) is 11.7 Å². The van der Waals surface area contributed by atoms with Gasteiger partial charge in [-0.25, -0.2) is 4.98 Å². The summed E-state index contributed by atoms with van der Waals surface area (Å²) < 4.78 is 0. The number of hydrogen-bond acceptors (Lipinski definition) is 5. The van der Waals surface area contributed by atoms with Gasteiger partial charge in [-0.3, -0.25) is 9.59 Å². The van der Waals surface area contributed by atoms with E-state index in [1.807, 2.05) is 30.9 Å². The van der Waals surface area contributed by atoms with Crippen LogP contribution >= 0.6 is 0 Å². The average molecular weight is 473 g/mol. The van der Waals surface area contributed by atoms with Crippen LogP contribution in [0.5, 0.6) is 0 Å². The van der Waals surface area contributed by atoms with Crippen LogP contribution in [0.1, 0.15) is 90.3 Å². The number of carbonyl (C=O) groups is 2. The summed E-state index contributed by atoms with van der Waals surface area (Å²) in [7, 11) is 2.15. The minimum Gasteiger partial charge on any atom is -0.390 e. The zero-order valence-electron chi connectivity index (χ0n) is 22.3. The molecular formula is C27H44N4O3. The van der Waals surface area contributed by atoms with E-state index in [9.17, 15) is 14.7 Å². The van der Waals surface area contributed by atoms with Crippen LogP contribution < -0.4 is 5.32 Å². The number of nitrogens with one attached hydrogen (secondary N) is 1. The second kappa shape index (κ2) is 9.94. The number of nitrogens with zero attached hydrogens (tertiary/aromatic N) is 3. The second-order valence-electron chi connectivity index (χ2n) is 12.1. The van der Waals surface area contributed by atoms with Crippen molar-refractivity contribution in [1.82, 2.24) is 20.1 Å². The molecule has 1 saturated carbocycles. The predicted octanol–water partition coefficient (Wildman–Crippen LogP) is 3.36. The highest BCUT2D eigenvalue weighted by Crippen LogP contribution is 2.39. The molecule has 1 aromatic rings. The molecule has 2 amide bonds. The standard InChI is InChI=1S/C27H44N4O3/c1-17(2)30(8)18-12-13-22(19(16-18)27(6,7)34)31-15-14-21(25(31)33)29-24(32)20-10-9-11-23(28-20)26(3,4)5/h9-11,17-19,21-22,34H,12-16H2,1-8H3,(H,29,32)/t18-,19+,21+,22+/m1/s1. The Balaban J connectivity index is 1.71. The molecule has 0 aromatic carbocycles. The summed E-state index contributed by atoms with van der Waals surface area (Å²) in [6.07, 6.45) is 3.29. The number of aliphatic hydroxyl groups is 1. The maximum Gasteiger partial charge on any atom is 0.270 e. The van der Waals surface area contributed by atoms with Crippen molar-refractivity contribution >= 4 is 11.8 Å². The van der Waals surface area contributed by atoms with Gasteiger partial charge in [0.2, 0.25) is 5.91 Å². The first-order chi connectivity index (χ1) is 15.7. The van der Waals surface area contributed by atoms with Crippen molar-refractivity contribution in [2.45, 2.75) is 109 Å². The third-order valence-corrected chi connectivity index (χ3v) is 7.78. The summed E-state index contributed by atoms with van der Waals surface area (Å²) in [5.74, 6) is -0.376. The van der Waals surface area contributed by atoms with Crippen molar-refractivity contribution in [3.05, 3.63) is 29.6 Å². The van der Waals surface area contributed by atoms with Gasteiger partial charge in [-0.1, -0.05) is 26.8 Å². The molecule has 2 heterocycles. The lowest BCUT2D eigenvalue weighted by molar-refractivity contribution is -0.137. The molecular weight excluding hydrogens is 428 g/mol. The van der Waals surface area contributed by atoms with E-state index in [1.165, 1.54) is 0 Å². The van der Waals surface area contributed by atoms with E-state index in [0.717, 1.165) is 25.0 Å². The lowest BCUT2D eigenvalue weighted by Crippen LogP contribution is -2.56. The summed E-state index contributed by atoms with van der Waals surface area (Å²) in [6.45, 7) is 14.9. The van der Waals surface area contributed by atoms with Crippen LogP contribution in [-0.4, -0.2) is 75.1 Å². The number of pyridine rings is 1. The number of hydrogen-bond donors (Lipinski definition) is 2. The number of aromatic nitrogens is 1. The van der Waals surface area contributed by atoms with Crippen molar-refractivity contribution < 1.29 is 14.7 Å². The molecule has 34 heavy (non-hydrogen) atoms. The van der Waals surface area contributed by atoms with Crippen molar-refractivity contribution in [1.29, 1.82) is 0 Å². The largest absolute Gasteiger partial charge is 0.390 e. The fraction of sp³-hybridized carbons (Fsp3) is 0.741. The zero-order valence-corrected chi connectivity index (χ0v) is 22.3. The van der Waals surface area contributed by atoms with E-state index in [2.05, 4.69) is 56.9 Å². The van der Waals surface area contributed by atoms with E-state index in [1.54, 1.807) is 6.07 Å². The lowest BCUT2D eigenvalue weighted by atomic mass is 9.72. The third-order valence-electron chi connectivity index (χ3n) is 7.78. The number of carbonyl (C=O) groups excluding carboxylic acids is 2. The van der Waals surface area contributed by atoms with Gasteiger partial charge in [0.15, 0.2) is 0 Å². The Labute approximate surface area is 205 Å². The maximum absolute atomic E-state index is 13.4. The molecule has 2 aliphatic rings. The highest BCUT2D eigenvalue weighted by molar-refractivity contribution is 5.96. The average Bonchev–Trinajstić information content (AvgIpc) is 3.11. The van der Waals surface area contributed by atoms with Crippen molar-refractivity contribution in [2.24, 2.45) is 5.92 Å². The normalized spacial score (nSPS) is 26.4. The van der Waals surface area contributed by atoms with Gasteiger partial charge in [-0.15, -0.1) is 0 Å². The molecule has 2 fully saturated rings. The molecule has 4 atom stereocenters. The van der Waals surface area contributed by atoms with Crippen molar-refractivity contribution in [3.8, 4) is 0 Å². The van der Waals surface area contributed by atoms with Crippen LogP contribution in [0, 0.1) is 5.92 Å². The Hall–Kier alpha value is -1.99. The van der Waals surface area contributed by atoms with Gasteiger partial charge in [-0.2, -0.15) is 0 Å². The summed E-state index contributed by atoms with van der Waals surface area (Å²) in [5, 5.41) is 13.9. The van der Waals surface area contributed by atoms with Gasteiger partial charge in [0.05, 0.1) is 5.60 Å². The molecule has 2 N–H and O–H groups in total. The number of amides is 2. The monoisotopic (exact) mass is 472 g/mol. The Morgan fingerprint density at radius 1 is 1.18 bits per heavy atom. The molecule has 0 radical (unpaired) electrons. The molecule has 1 aliphatic heterocycles. The molecule has 0 bridgehead atoms. The fourth-order valence-electron chi connectivity index (χ4n) is 5.43. The fourth-order valence-corrected chi connectivity index (χ4v) is 5.43. The third kappa shape index (κ3) is 5.80. The molecule has 1 saturated heterocycles. The molecule has 3 rings (SSSR count). The SMILES string of the molecule is CC(C)N(C)[C@@H]1CC[C@H](N2CC[C@H](NC(=O)c3cccc(C(C)(C)C)n3)C2=O)[C@@H](C(C)(C)O)C1. The quantitative estimate of drug-likeness (QED) is 0.663. The maximum atomic E-state index is 13.4. The summed E-state index contributed by atoms with van der Waals surface area (Å²) in [5.41, 5.74) is 0.131. The van der Waals surface area contributed by atoms with Gasteiger partial charge in [0.25, 0.3) is 5.91 Å².